The van der Waals surface area contributed by atoms with Crippen LogP contribution >= 0.6 is 0 Å². The van der Waals surface area contributed by atoms with E-state index in [9.17, 15) is 9.59 Å². The summed E-state index contributed by atoms with van der Waals surface area (Å²) in [6.07, 6.45) is 2.26. The monoisotopic (exact) mass is 324 g/mol. The summed E-state index contributed by atoms with van der Waals surface area (Å²) < 4.78 is 0. The van der Waals surface area contributed by atoms with Gasteiger partial charge in [-0.05, 0) is 25.0 Å². The van der Waals surface area contributed by atoms with Gasteiger partial charge in [-0.1, -0.05) is 36.8 Å². The van der Waals surface area contributed by atoms with Gasteiger partial charge in [0, 0.05) is 12.6 Å². The number of aryl methyl sites for hydroxylation is 1. The number of carbonyl (C=O) groups is 2. The van der Waals surface area contributed by atoms with Crippen molar-refractivity contribution >= 4 is 17.6 Å². The van der Waals surface area contributed by atoms with Gasteiger partial charge in [0.05, 0.1) is 12.0 Å². The number of rotatable bonds is 4. The minimum absolute atomic E-state index is 0.0519. The van der Waals surface area contributed by atoms with Gasteiger partial charge in [0.25, 0.3) is 0 Å². The number of aromatic nitrogens is 2. The van der Waals surface area contributed by atoms with E-state index >= 15 is 0 Å². The number of hydrogen-bond donors (Lipinski definition) is 1. The highest BCUT2D eigenvalue weighted by atomic mass is 16.2. The summed E-state index contributed by atoms with van der Waals surface area (Å²) in [6, 6.07) is 9.37. The zero-order valence-electron chi connectivity index (χ0n) is 13.8. The molecule has 1 aliphatic heterocycles. The molecule has 1 aromatic heterocycles. The molecule has 0 aliphatic carbocycles. The topological polar surface area (TPSA) is 89.2 Å². The summed E-state index contributed by atoms with van der Waals surface area (Å²) in [5, 5.41) is 0. The molecule has 1 aliphatic rings. The molecular weight excluding hydrogens is 304 g/mol. The third-order valence-electron chi connectivity index (χ3n) is 4.64. The first-order valence-corrected chi connectivity index (χ1v) is 7.95. The molecular formula is C18H20N4O2. The molecule has 0 spiro atoms. The zero-order chi connectivity index (χ0) is 17.3. The van der Waals surface area contributed by atoms with E-state index in [-0.39, 0.29) is 24.8 Å². The lowest BCUT2D eigenvalue weighted by atomic mass is 9.76. The molecule has 0 saturated carbocycles. The Morgan fingerprint density at radius 3 is 2.54 bits per heavy atom. The van der Waals surface area contributed by atoms with Crippen molar-refractivity contribution in [2.45, 2.75) is 38.6 Å². The Morgan fingerprint density at radius 1 is 1.21 bits per heavy atom. The van der Waals surface area contributed by atoms with Crippen molar-refractivity contribution < 1.29 is 9.59 Å². The molecule has 3 rings (SSSR count). The van der Waals surface area contributed by atoms with Gasteiger partial charge in [0.1, 0.15) is 5.82 Å². The van der Waals surface area contributed by atoms with Crippen LogP contribution in [0.4, 0.5) is 5.82 Å². The Hall–Kier alpha value is -2.76. The van der Waals surface area contributed by atoms with E-state index in [4.69, 9.17) is 5.73 Å². The number of carbonyl (C=O) groups excluding carboxylic acids is 2. The molecule has 1 fully saturated rings. The summed E-state index contributed by atoms with van der Waals surface area (Å²) in [5.41, 5.74) is 6.84. The lowest BCUT2D eigenvalue weighted by molar-refractivity contribution is -0.140. The van der Waals surface area contributed by atoms with Crippen molar-refractivity contribution in [2.75, 3.05) is 5.73 Å². The van der Waals surface area contributed by atoms with Gasteiger partial charge in [0.2, 0.25) is 11.8 Å². The fourth-order valence-corrected chi connectivity index (χ4v) is 3.17. The Kier molecular flexibility index (Phi) is 4.05. The molecule has 2 N–H and O–H groups in total. The molecule has 6 heteroatoms. The van der Waals surface area contributed by atoms with Gasteiger partial charge >= 0.3 is 0 Å². The number of likely N-dealkylation sites (tertiary alicyclic amines) is 1. The highest BCUT2D eigenvalue weighted by molar-refractivity contribution is 6.08. The van der Waals surface area contributed by atoms with E-state index in [1.807, 2.05) is 38.1 Å². The number of anilines is 1. The van der Waals surface area contributed by atoms with E-state index in [0.717, 1.165) is 11.1 Å². The van der Waals surface area contributed by atoms with Gasteiger partial charge < -0.3 is 5.73 Å². The summed E-state index contributed by atoms with van der Waals surface area (Å²) in [7, 11) is 0. The molecule has 0 bridgehead atoms. The summed E-state index contributed by atoms with van der Waals surface area (Å²) >= 11 is 0. The van der Waals surface area contributed by atoms with Crippen LogP contribution in [0.3, 0.4) is 0 Å². The maximum Gasteiger partial charge on any atom is 0.240 e. The molecule has 0 radical (unpaired) electrons. The van der Waals surface area contributed by atoms with Crippen molar-refractivity contribution in [1.29, 1.82) is 0 Å². The molecule has 124 valence electrons. The predicted octanol–water partition coefficient (Wildman–Crippen LogP) is 1.97. The Balaban J connectivity index is 1.93. The molecule has 1 saturated heterocycles. The Morgan fingerprint density at radius 2 is 1.92 bits per heavy atom. The zero-order valence-corrected chi connectivity index (χ0v) is 13.8. The van der Waals surface area contributed by atoms with Crippen LogP contribution in [-0.2, 0) is 21.5 Å². The lowest BCUT2D eigenvalue weighted by Crippen LogP contribution is -2.38. The van der Waals surface area contributed by atoms with Crippen molar-refractivity contribution in [2.24, 2.45) is 0 Å². The first-order chi connectivity index (χ1) is 11.5. The van der Waals surface area contributed by atoms with Crippen LogP contribution in [0.25, 0.3) is 0 Å². The third-order valence-corrected chi connectivity index (χ3v) is 4.64. The van der Waals surface area contributed by atoms with Crippen LogP contribution in [0.2, 0.25) is 0 Å². The van der Waals surface area contributed by atoms with Crippen LogP contribution < -0.4 is 5.73 Å². The molecule has 2 heterocycles. The van der Waals surface area contributed by atoms with Gasteiger partial charge in [0.15, 0.2) is 5.82 Å². The quantitative estimate of drug-likeness (QED) is 0.869. The minimum atomic E-state index is -0.800. The second-order valence-electron chi connectivity index (χ2n) is 6.16. The highest BCUT2D eigenvalue weighted by Gasteiger charge is 2.51. The Labute approximate surface area is 140 Å². The van der Waals surface area contributed by atoms with Crippen molar-refractivity contribution in [3.8, 4) is 0 Å². The Bertz CT molecular complexity index is 788. The number of nitrogens with zero attached hydrogens (tertiary/aromatic N) is 3. The van der Waals surface area contributed by atoms with E-state index in [1.54, 1.807) is 6.07 Å². The number of benzene rings is 1. The molecule has 0 unspecified atom stereocenters. The maximum atomic E-state index is 13.1. The van der Waals surface area contributed by atoms with Crippen molar-refractivity contribution in [3.05, 3.63) is 53.5 Å². The number of nitrogen functional groups attached to an aromatic ring is 1. The summed E-state index contributed by atoms with van der Waals surface area (Å²) in [4.78, 5) is 35.0. The van der Waals surface area contributed by atoms with E-state index in [2.05, 4.69) is 9.97 Å². The first kappa shape index (κ1) is 16.1. The minimum Gasteiger partial charge on any atom is -0.384 e. The third kappa shape index (κ3) is 2.64. The normalized spacial score (nSPS) is 20.7. The number of nitrogens with two attached hydrogens (primary N) is 1. The van der Waals surface area contributed by atoms with E-state index in [0.29, 0.717) is 18.1 Å². The van der Waals surface area contributed by atoms with Gasteiger partial charge in [-0.3, -0.25) is 14.5 Å². The predicted molar refractivity (Wildman–Crippen MR) is 89.8 cm³/mol. The van der Waals surface area contributed by atoms with E-state index in [1.165, 1.54) is 11.1 Å². The summed E-state index contributed by atoms with van der Waals surface area (Å²) in [5.74, 6) is 0.297. The molecule has 1 atom stereocenters. The van der Waals surface area contributed by atoms with Crippen LogP contribution in [0, 0.1) is 6.92 Å². The maximum absolute atomic E-state index is 13.1. The molecule has 6 nitrogen and oxygen atoms in total. The van der Waals surface area contributed by atoms with Gasteiger partial charge in [-0.15, -0.1) is 0 Å². The van der Waals surface area contributed by atoms with Gasteiger partial charge in [-0.25, -0.2) is 9.97 Å². The van der Waals surface area contributed by atoms with Crippen molar-refractivity contribution in [1.82, 2.24) is 14.9 Å². The van der Waals surface area contributed by atoms with Gasteiger partial charge in [-0.2, -0.15) is 0 Å². The number of amides is 2. The molecule has 2 amide bonds. The standard InChI is InChI=1S/C18H20N4O2/c1-3-18(13-6-4-12(2)5-7-13)10-16(23)22(17(18)24)11-15-20-9-8-14(19)21-15/h4-9H,3,10-11H2,1-2H3,(H2,19,20,21)/t18-/m1/s1. The van der Waals surface area contributed by atoms with Crippen LogP contribution in [-0.4, -0.2) is 26.7 Å². The average Bonchev–Trinajstić information content (AvgIpc) is 2.81. The fourth-order valence-electron chi connectivity index (χ4n) is 3.17. The first-order valence-electron chi connectivity index (χ1n) is 7.95. The van der Waals surface area contributed by atoms with Crippen LogP contribution in [0.1, 0.15) is 36.7 Å². The molecule has 1 aromatic carbocycles. The van der Waals surface area contributed by atoms with Crippen molar-refractivity contribution in [3.63, 3.8) is 0 Å². The van der Waals surface area contributed by atoms with Crippen LogP contribution in [0.15, 0.2) is 36.5 Å². The SMILES string of the molecule is CC[C@]1(c2ccc(C)cc2)CC(=O)N(Cc2nccc(N)n2)C1=O. The molecule has 2 aromatic rings. The smallest absolute Gasteiger partial charge is 0.240 e. The van der Waals surface area contributed by atoms with Crippen LogP contribution in [0.5, 0.6) is 0 Å². The lowest BCUT2D eigenvalue weighted by Gasteiger charge is -2.26. The number of imide groups is 1. The largest absolute Gasteiger partial charge is 0.384 e. The average molecular weight is 324 g/mol. The van der Waals surface area contributed by atoms with E-state index < -0.39 is 5.41 Å². The summed E-state index contributed by atoms with van der Waals surface area (Å²) in [6.45, 7) is 3.98. The highest BCUT2D eigenvalue weighted by Crippen LogP contribution is 2.40. The molecule has 24 heavy (non-hydrogen) atoms. The second kappa shape index (κ2) is 6.03. The number of hydrogen-bond acceptors (Lipinski definition) is 5. The fraction of sp³-hybridized carbons (Fsp3) is 0.333. The second-order valence-corrected chi connectivity index (χ2v) is 6.16.